The summed E-state index contributed by atoms with van der Waals surface area (Å²) in [6.45, 7) is 15.3. The second-order valence-corrected chi connectivity index (χ2v) is 11.7. The molecule has 1 heterocycles. The average molecular weight is 459 g/mol. The Morgan fingerprint density at radius 1 is 0.971 bits per heavy atom. The standard InChI is InChI=1S/C31H42N2O/c1-7-32-27-13-29-24(11-21(27)5)26(25-12-22(6)28(33-8-2)14-30(25)34-29)18-31-15-19(3)9-23(17-31)10-20(4)16-31/h11-14,19-20,23,32H,7-10,15-18H2,1-6H3. The van der Waals surface area contributed by atoms with Crippen molar-refractivity contribution < 1.29 is 4.42 Å². The normalized spacial score (nSPS) is 27.5. The summed E-state index contributed by atoms with van der Waals surface area (Å²) in [5, 5.41) is 5.88. The number of fused-ring (bicyclic) bond motifs is 4. The van der Waals surface area contributed by atoms with Crippen LogP contribution in [0.4, 0.5) is 5.69 Å². The molecule has 2 bridgehead atoms. The van der Waals surface area contributed by atoms with Crippen molar-refractivity contribution in [3.05, 3.63) is 46.3 Å². The van der Waals surface area contributed by atoms with Crippen molar-refractivity contribution >= 4 is 16.7 Å². The van der Waals surface area contributed by atoms with Crippen molar-refractivity contribution in [2.24, 2.45) is 28.2 Å². The van der Waals surface area contributed by atoms with Crippen molar-refractivity contribution in [2.75, 3.05) is 18.4 Å². The largest absolute Gasteiger partial charge is 0.456 e. The Hall–Kier alpha value is -2.29. The molecule has 34 heavy (non-hydrogen) atoms. The van der Waals surface area contributed by atoms with Gasteiger partial charge in [0.05, 0.1) is 5.36 Å². The summed E-state index contributed by atoms with van der Waals surface area (Å²) < 4.78 is 6.60. The maximum atomic E-state index is 6.60. The highest BCUT2D eigenvalue weighted by Crippen LogP contribution is 2.55. The molecule has 2 saturated carbocycles. The second-order valence-electron chi connectivity index (χ2n) is 11.7. The van der Waals surface area contributed by atoms with Crippen LogP contribution in [0, 0.1) is 37.0 Å². The first kappa shape index (κ1) is 23.5. The molecule has 5 rings (SSSR count). The van der Waals surface area contributed by atoms with Gasteiger partial charge in [0.15, 0.2) is 0 Å². The molecule has 3 aliphatic carbocycles. The predicted molar refractivity (Wildman–Crippen MR) is 144 cm³/mol. The highest BCUT2D eigenvalue weighted by atomic mass is 16.3. The zero-order valence-electron chi connectivity index (χ0n) is 22.1. The third kappa shape index (κ3) is 4.27. The van der Waals surface area contributed by atoms with E-state index in [2.05, 4.69) is 71.1 Å². The molecule has 1 N–H and O–H groups in total. The molecule has 1 aromatic rings. The van der Waals surface area contributed by atoms with Crippen LogP contribution in [-0.4, -0.2) is 13.1 Å². The summed E-state index contributed by atoms with van der Waals surface area (Å²) in [4.78, 5) is 4.74. The van der Waals surface area contributed by atoms with E-state index in [1.165, 1.54) is 65.4 Å². The minimum absolute atomic E-state index is 0.413. The molecular formula is C31H42N2O. The fraction of sp³-hybridized carbons (Fsp3) is 0.581. The lowest BCUT2D eigenvalue weighted by atomic mass is 9.55. The van der Waals surface area contributed by atoms with Crippen LogP contribution in [0.2, 0.25) is 0 Å². The van der Waals surface area contributed by atoms with Gasteiger partial charge >= 0.3 is 0 Å². The Balaban J connectivity index is 1.74. The molecule has 2 unspecified atom stereocenters. The van der Waals surface area contributed by atoms with E-state index < -0.39 is 0 Å². The maximum absolute atomic E-state index is 6.60. The van der Waals surface area contributed by atoms with E-state index in [9.17, 15) is 0 Å². The molecule has 1 aliphatic heterocycles. The number of hydrogen-bond donors (Lipinski definition) is 1. The lowest BCUT2D eigenvalue weighted by molar-refractivity contribution is 0.0187. The highest BCUT2D eigenvalue weighted by Gasteiger charge is 2.44. The van der Waals surface area contributed by atoms with E-state index in [1.54, 1.807) is 0 Å². The van der Waals surface area contributed by atoms with Gasteiger partial charge in [-0.1, -0.05) is 13.8 Å². The van der Waals surface area contributed by atoms with Gasteiger partial charge in [0.1, 0.15) is 11.3 Å². The first-order valence-corrected chi connectivity index (χ1v) is 13.6. The van der Waals surface area contributed by atoms with Crippen LogP contribution in [0.5, 0.6) is 0 Å². The molecule has 1 aromatic carbocycles. The van der Waals surface area contributed by atoms with E-state index in [0.717, 1.165) is 54.0 Å². The van der Waals surface area contributed by atoms with Gasteiger partial charge in [-0.05, 0) is 118 Å². The Morgan fingerprint density at radius 3 is 2.38 bits per heavy atom. The summed E-state index contributed by atoms with van der Waals surface area (Å²) in [5.41, 5.74) is 7.91. The lowest BCUT2D eigenvalue weighted by Crippen LogP contribution is -2.40. The summed E-state index contributed by atoms with van der Waals surface area (Å²) >= 11 is 0. The Morgan fingerprint density at radius 2 is 1.71 bits per heavy atom. The van der Waals surface area contributed by atoms with E-state index >= 15 is 0 Å². The molecule has 0 spiro atoms. The lowest BCUT2D eigenvalue weighted by Gasteiger charge is -2.50. The van der Waals surface area contributed by atoms with E-state index in [0.29, 0.717) is 5.41 Å². The van der Waals surface area contributed by atoms with Crippen molar-refractivity contribution in [1.82, 2.24) is 0 Å². The molecule has 3 nitrogen and oxygen atoms in total. The number of aryl methyl sites for hydroxylation is 2. The number of nitrogens with zero attached hydrogens (tertiary/aromatic N) is 1. The second kappa shape index (κ2) is 9.06. The van der Waals surface area contributed by atoms with Crippen LogP contribution in [0.15, 0.2) is 33.7 Å². The van der Waals surface area contributed by atoms with Gasteiger partial charge in [0, 0.05) is 41.9 Å². The monoisotopic (exact) mass is 458 g/mol. The van der Waals surface area contributed by atoms with E-state index in [4.69, 9.17) is 9.41 Å². The summed E-state index contributed by atoms with van der Waals surface area (Å²) in [7, 11) is 0. The molecule has 182 valence electrons. The molecule has 0 amide bonds. The average Bonchev–Trinajstić information content (AvgIpc) is 2.75. The quantitative estimate of drug-likeness (QED) is 0.395. The Bertz CT molecular complexity index is 1220. The van der Waals surface area contributed by atoms with Crippen LogP contribution in [0.3, 0.4) is 0 Å². The van der Waals surface area contributed by atoms with E-state index in [-0.39, 0.29) is 0 Å². The van der Waals surface area contributed by atoms with Crippen molar-refractivity contribution in [3.63, 3.8) is 0 Å². The molecule has 0 aromatic heterocycles. The van der Waals surface area contributed by atoms with Crippen molar-refractivity contribution in [3.8, 4) is 11.3 Å². The number of benzene rings is 2. The maximum Gasteiger partial charge on any atom is 0.137 e. The van der Waals surface area contributed by atoms with Crippen LogP contribution >= 0.6 is 0 Å². The first-order chi connectivity index (χ1) is 16.3. The van der Waals surface area contributed by atoms with E-state index in [1.807, 2.05) is 0 Å². The number of anilines is 1. The van der Waals surface area contributed by atoms with Gasteiger partial charge in [0.25, 0.3) is 0 Å². The fourth-order valence-electron chi connectivity index (χ4n) is 7.68. The molecule has 0 radical (unpaired) electrons. The van der Waals surface area contributed by atoms with Crippen molar-refractivity contribution in [1.29, 1.82) is 0 Å². The van der Waals surface area contributed by atoms with Crippen molar-refractivity contribution in [2.45, 2.75) is 80.1 Å². The fourth-order valence-corrected chi connectivity index (χ4v) is 7.68. The van der Waals surface area contributed by atoms with Gasteiger partial charge < -0.3 is 9.73 Å². The molecule has 3 heteroatoms. The van der Waals surface area contributed by atoms with Crippen LogP contribution in [0.25, 0.3) is 22.3 Å². The molecule has 4 aliphatic rings. The third-order valence-electron chi connectivity index (χ3n) is 8.50. The number of nitrogens with one attached hydrogen (secondary N) is 1. The van der Waals surface area contributed by atoms with Crippen LogP contribution in [-0.2, 0) is 6.42 Å². The van der Waals surface area contributed by atoms with Gasteiger partial charge in [-0.3, -0.25) is 4.99 Å². The topological polar surface area (TPSA) is 37.5 Å². The van der Waals surface area contributed by atoms with Gasteiger partial charge in [0.2, 0.25) is 0 Å². The highest BCUT2D eigenvalue weighted by molar-refractivity contribution is 5.91. The number of rotatable bonds is 5. The van der Waals surface area contributed by atoms with Gasteiger partial charge in [-0.25, -0.2) is 0 Å². The van der Waals surface area contributed by atoms with Gasteiger partial charge in [-0.15, -0.1) is 0 Å². The first-order valence-electron chi connectivity index (χ1n) is 13.6. The molecular weight excluding hydrogens is 416 g/mol. The zero-order chi connectivity index (χ0) is 24.0. The predicted octanol–water partition coefficient (Wildman–Crippen LogP) is 7.90. The minimum Gasteiger partial charge on any atom is -0.456 e. The minimum atomic E-state index is 0.413. The Labute approximate surface area is 205 Å². The third-order valence-corrected chi connectivity index (χ3v) is 8.50. The van der Waals surface area contributed by atoms with Crippen LogP contribution in [0.1, 0.15) is 76.5 Å². The van der Waals surface area contributed by atoms with Crippen LogP contribution < -0.4 is 10.7 Å². The SMILES string of the molecule is CCN=c1cc2oc3cc(NCC)c(C)cc3c(CC34CC(C)CC(CC(C)C3)C4)c-2cc1C. The van der Waals surface area contributed by atoms with Gasteiger partial charge in [-0.2, -0.15) is 0 Å². The molecule has 0 saturated heterocycles. The Kier molecular flexibility index (Phi) is 6.25. The zero-order valence-corrected chi connectivity index (χ0v) is 22.1. The summed E-state index contributed by atoms with van der Waals surface area (Å²) in [6, 6.07) is 9.12. The summed E-state index contributed by atoms with van der Waals surface area (Å²) in [6.07, 6.45) is 8.12. The summed E-state index contributed by atoms with van der Waals surface area (Å²) in [5.74, 6) is 3.54. The molecule has 2 atom stereocenters. The smallest absolute Gasteiger partial charge is 0.137 e. The molecule has 2 fully saturated rings. The number of hydrogen-bond acceptors (Lipinski definition) is 3.